The van der Waals surface area contributed by atoms with Gasteiger partial charge in [0, 0.05) is 12.2 Å². The molecule has 1 aliphatic heterocycles. The number of piperidine rings is 1. The first-order valence-corrected chi connectivity index (χ1v) is 11.2. The molecule has 9 heteroatoms. The second-order valence-corrected chi connectivity index (χ2v) is 9.26. The van der Waals surface area contributed by atoms with E-state index < -0.39 is 16.1 Å². The molecule has 3 aromatic rings. The van der Waals surface area contributed by atoms with Crippen LogP contribution in [0.15, 0.2) is 47.4 Å². The van der Waals surface area contributed by atoms with Gasteiger partial charge < -0.3 is 5.32 Å². The van der Waals surface area contributed by atoms with Crippen LogP contribution in [-0.4, -0.2) is 40.0 Å². The molecule has 1 fully saturated rings. The molecule has 0 radical (unpaired) electrons. The van der Waals surface area contributed by atoms with Crippen LogP contribution < -0.4 is 5.32 Å². The van der Waals surface area contributed by atoms with Crippen molar-refractivity contribution in [3.63, 3.8) is 0 Å². The summed E-state index contributed by atoms with van der Waals surface area (Å²) in [5.74, 6) is -0.310. The van der Waals surface area contributed by atoms with E-state index >= 15 is 0 Å². The summed E-state index contributed by atoms with van der Waals surface area (Å²) in [6.45, 7) is 2.28. The van der Waals surface area contributed by atoms with Gasteiger partial charge in [-0.2, -0.15) is 13.1 Å². The van der Waals surface area contributed by atoms with E-state index in [0.717, 1.165) is 30.1 Å². The summed E-state index contributed by atoms with van der Waals surface area (Å²) in [5.41, 5.74) is 2.65. The average molecular weight is 417 g/mol. The van der Waals surface area contributed by atoms with Gasteiger partial charge in [0.05, 0.1) is 11.7 Å². The Morgan fingerprint density at radius 1 is 1.14 bits per heavy atom. The first kappa shape index (κ1) is 19.0. The van der Waals surface area contributed by atoms with Crippen molar-refractivity contribution in [2.45, 2.75) is 37.1 Å². The Hall–Kier alpha value is -2.36. The number of rotatable bonds is 4. The number of benzene rings is 2. The Morgan fingerprint density at radius 3 is 2.71 bits per heavy atom. The van der Waals surface area contributed by atoms with Crippen molar-refractivity contribution in [2.24, 2.45) is 0 Å². The second kappa shape index (κ2) is 7.57. The van der Waals surface area contributed by atoms with Crippen molar-refractivity contribution in [1.29, 1.82) is 0 Å². The van der Waals surface area contributed by atoms with Gasteiger partial charge in [-0.25, -0.2) is 8.42 Å². The van der Waals surface area contributed by atoms with Gasteiger partial charge in [0.1, 0.15) is 22.0 Å². The summed E-state index contributed by atoms with van der Waals surface area (Å²) in [5, 5.41) is 2.85. The zero-order valence-corrected chi connectivity index (χ0v) is 17.0. The van der Waals surface area contributed by atoms with Gasteiger partial charge in [0.25, 0.3) is 0 Å². The Kier molecular flexibility index (Phi) is 5.13. The van der Waals surface area contributed by atoms with Gasteiger partial charge >= 0.3 is 0 Å². The summed E-state index contributed by atoms with van der Waals surface area (Å²) >= 11 is 0.978. The number of amides is 1. The van der Waals surface area contributed by atoms with Crippen LogP contribution in [0.5, 0.6) is 0 Å². The van der Waals surface area contributed by atoms with E-state index in [0.29, 0.717) is 29.7 Å². The molecule has 1 aliphatic rings. The summed E-state index contributed by atoms with van der Waals surface area (Å²) in [6, 6.07) is 11.6. The molecule has 0 aliphatic carbocycles. The lowest BCUT2D eigenvalue weighted by Crippen LogP contribution is -2.49. The predicted molar refractivity (Wildman–Crippen MR) is 109 cm³/mol. The minimum atomic E-state index is -3.88. The molecule has 1 N–H and O–H groups in total. The van der Waals surface area contributed by atoms with Gasteiger partial charge in [-0.05, 0) is 44.0 Å². The lowest BCUT2D eigenvalue weighted by atomic mass is 10.0. The third kappa shape index (κ3) is 3.52. The molecule has 1 atom stereocenters. The maximum absolute atomic E-state index is 13.4. The number of fused-ring (bicyclic) bond motifs is 1. The van der Waals surface area contributed by atoms with Crippen LogP contribution in [0.25, 0.3) is 11.0 Å². The van der Waals surface area contributed by atoms with Crippen LogP contribution in [0, 0.1) is 6.92 Å². The lowest BCUT2D eigenvalue weighted by molar-refractivity contribution is -0.120. The van der Waals surface area contributed by atoms with Gasteiger partial charge in [-0.3, -0.25) is 4.79 Å². The molecular formula is C19H20N4O3S2. The van der Waals surface area contributed by atoms with E-state index in [1.54, 1.807) is 12.1 Å². The Labute approximate surface area is 167 Å². The molecule has 0 saturated carbocycles. The van der Waals surface area contributed by atoms with Crippen LogP contribution in [0.1, 0.15) is 24.8 Å². The molecule has 0 unspecified atom stereocenters. The Bertz CT molecular complexity index is 1110. The monoisotopic (exact) mass is 416 g/mol. The second-order valence-electron chi connectivity index (χ2n) is 6.87. The molecule has 146 valence electrons. The van der Waals surface area contributed by atoms with Crippen LogP contribution in [0.2, 0.25) is 0 Å². The van der Waals surface area contributed by atoms with E-state index in [1.165, 1.54) is 10.4 Å². The quantitative estimate of drug-likeness (QED) is 0.705. The van der Waals surface area contributed by atoms with Crippen molar-refractivity contribution < 1.29 is 13.2 Å². The largest absolute Gasteiger partial charge is 0.325 e. The van der Waals surface area contributed by atoms with E-state index in [4.69, 9.17) is 0 Å². The summed E-state index contributed by atoms with van der Waals surface area (Å²) < 4.78 is 36.4. The number of carbonyl (C=O) groups excluding carboxylic acids is 1. The molecular weight excluding hydrogens is 396 g/mol. The minimum Gasteiger partial charge on any atom is -0.325 e. The highest BCUT2D eigenvalue weighted by molar-refractivity contribution is 7.89. The van der Waals surface area contributed by atoms with Gasteiger partial charge in [0.15, 0.2) is 0 Å². The number of nitrogens with one attached hydrogen (secondary N) is 1. The zero-order valence-electron chi connectivity index (χ0n) is 15.3. The fourth-order valence-electron chi connectivity index (χ4n) is 3.43. The molecule has 4 rings (SSSR count). The maximum Gasteiger partial charge on any atom is 0.246 e. The fourth-order valence-corrected chi connectivity index (χ4v) is 5.84. The van der Waals surface area contributed by atoms with Crippen molar-refractivity contribution in [3.05, 3.63) is 48.0 Å². The lowest BCUT2D eigenvalue weighted by Gasteiger charge is -2.33. The van der Waals surface area contributed by atoms with Gasteiger partial charge in [0.2, 0.25) is 15.9 Å². The first-order chi connectivity index (χ1) is 13.5. The van der Waals surface area contributed by atoms with Gasteiger partial charge in [-0.1, -0.05) is 30.2 Å². The average Bonchev–Trinajstić information content (AvgIpc) is 3.18. The fraction of sp³-hybridized carbons (Fsp3) is 0.316. The number of hydrogen-bond donors (Lipinski definition) is 1. The number of nitrogens with zero attached hydrogens (tertiary/aromatic N) is 3. The highest BCUT2D eigenvalue weighted by atomic mass is 32.2. The molecule has 28 heavy (non-hydrogen) atoms. The van der Waals surface area contributed by atoms with Crippen LogP contribution >= 0.6 is 11.7 Å². The summed E-state index contributed by atoms with van der Waals surface area (Å²) in [7, 11) is -3.88. The minimum absolute atomic E-state index is 0.105. The Balaban J connectivity index is 1.65. The third-order valence-corrected chi connectivity index (χ3v) is 7.39. The molecule has 2 aromatic carbocycles. The van der Waals surface area contributed by atoms with Crippen molar-refractivity contribution in [3.8, 4) is 0 Å². The highest BCUT2D eigenvalue weighted by Crippen LogP contribution is 2.30. The number of sulfonamides is 1. The SMILES string of the molecule is Cc1ccc(NC(=O)[C@H]2CCCCN2S(=O)(=O)c2cccc3nsnc23)cc1. The number of anilines is 1. The van der Waals surface area contributed by atoms with E-state index in [-0.39, 0.29) is 10.8 Å². The number of aryl methyl sites for hydroxylation is 1. The standard InChI is InChI=1S/C19H20N4O3S2/c1-13-8-10-14(11-9-13)20-19(24)16-6-2-3-12-23(16)28(25,26)17-7-4-5-15-18(17)22-27-21-15/h4-5,7-11,16H,2-3,6,12H2,1H3,(H,20,24)/t16-/m1/s1. The summed E-state index contributed by atoms with van der Waals surface area (Å²) in [6.07, 6.45) is 2.02. The highest BCUT2D eigenvalue weighted by Gasteiger charge is 2.38. The number of carbonyl (C=O) groups is 1. The maximum atomic E-state index is 13.4. The van der Waals surface area contributed by atoms with Crippen molar-refractivity contribution in [1.82, 2.24) is 13.1 Å². The molecule has 1 aromatic heterocycles. The molecule has 0 spiro atoms. The topological polar surface area (TPSA) is 92.3 Å². The van der Waals surface area contributed by atoms with Crippen LogP contribution in [0.3, 0.4) is 0 Å². The molecule has 7 nitrogen and oxygen atoms in total. The van der Waals surface area contributed by atoms with E-state index in [1.807, 2.05) is 31.2 Å². The molecule has 1 amide bonds. The van der Waals surface area contributed by atoms with Crippen molar-refractivity contribution in [2.75, 3.05) is 11.9 Å². The zero-order chi connectivity index (χ0) is 19.7. The number of hydrogen-bond acceptors (Lipinski definition) is 6. The molecule has 0 bridgehead atoms. The van der Waals surface area contributed by atoms with E-state index in [2.05, 4.69) is 14.1 Å². The predicted octanol–water partition coefficient (Wildman–Crippen LogP) is 3.18. The normalized spacial score (nSPS) is 18.2. The van der Waals surface area contributed by atoms with Crippen LogP contribution in [0.4, 0.5) is 5.69 Å². The van der Waals surface area contributed by atoms with Crippen LogP contribution in [-0.2, 0) is 14.8 Å². The number of aromatic nitrogens is 2. The summed E-state index contributed by atoms with van der Waals surface area (Å²) in [4.78, 5) is 13.0. The third-order valence-electron chi connectivity index (χ3n) is 4.91. The molecule has 2 heterocycles. The van der Waals surface area contributed by atoms with E-state index in [9.17, 15) is 13.2 Å². The smallest absolute Gasteiger partial charge is 0.246 e. The van der Waals surface area contributed by atoms with Crippen molar-refractivity contribution >= 4 is 44.4 Å². The molecule has 1 saturated heterocycles. The van der Waals surface area contributed by atoms with Gasteiger partial charge in [-0.15, -0.1) is 0 Å². The first-order valence-electron chi connectivity index (χ1n) is 9.07. The Morgan fingerprint density at radius 2 is 1.93 bits per heavy atom.